The van der Waals surface area contributed by atoms with Crippen LogP contribution in [0, 0.1) is 0 Å². The first-order valence-corrected chi connectivity index (χ1v) is 6.49. The minimum absolute atomic E-state index is 0.626. The maximum Gasteiger partial charge on any atom is 0.129 e. The molecule has 1 aromatic carbocycles. The van der Waals surface area contributed by atoms with Crippen molar-refractivity contribution < 1.29 is 0 Å². The Balaban J connectivity index is 1.63. The minimum atomic E-state index is 0.626. The Hall–Kier alpha value is -1.90. The molecule has 0 spiro atoms. The van der Waals surface area contributed by atoms with Crippen LogP contribution in [0.25, 0.3) is 0 Å². The van der Waals surface area contributed by atoms with E-state index in [2.05, 4.69) is 46.5 Å². The van der Waals surface area contributed by atoms with Gasteiger partial charge in [0, 0.05) is 24.2 Å². The van der Waals surface area contributed by atoms with Gasteiger partial charge in [0.25, 0.3) is 0 Å². The molecule has 1 unspecified atom stereocenters. The van der Waals surface area contributed by atoms with Gasteiger partial charge in [-0.3, -0.25) is 0 Å². The molecule has 0 radical (unpaired) electrons. The van der Waals surface area contributed by atoms with Gasteiger partial charge in [-0.2, -0.15) is 0 Å². The van der Waals surface area contributed by atoms with Crippen LogP contribution in [0.2, 0.25) is 0 Å². The monoisotopic (exact) mass is 239 g/mol. The van der Waals surface area contributed by atoms with E-state index in [0.29, 0.717) is 5.92 Å². The lowest BCUT2D eigenvalue weighted by Gasteiger charge is -2.30. The highest BCUT2D eigenvalue weighted by Gasteiger charge is 2.24. The van der Waals surface area contributed by atoms with Crippen molar-refractivity contribution in [3.05, 3.63) is 53.5 Å². The molecule has 0 saturated carbocycles. The molecule has 3 rings (SSSR count). The minimum Gasteiger partial charge on any atom is -0.369 e. The number of nitrogens with zero attached hydrogens (tertiary/aromatic N) is 2. The van der Waals surface area contributed by atoms with Crippen LogP contribution >= 0.6 is 0 Å². The van der Waals surface area contributed by atoms with Gasteiger partial charge in [0.2, 0.25) is 0 Å². The van der Waals surface area contributed by atoms with Gasteiger partial charge in [0.05, 0.1) is 0 Å². The van der Waals surface area contributed by atoms with Crippen molar-refractivity contribution >= 4 is 5.82 Å². The molecule has 2 aromatic rings. The highest BCUT2D eigenvalue weighted by molar-refractivity contribution is 5.43. The van der Waals surface area contributed by atoms with Gasteiger partial charge in [-0.15, -0.1) is 0 Å². The molecular weight excluding hydrogens is 222 g/mol. The lowest BCUT2D eigenvalue weighted by atomic mass is 9.77. The van der Waals surface area contributed by atoms with E-state index in [0.717, 1.165) is 24.5 Å². The quantitative estimate of drug-likeness (QED) is 0.891. The molecule has 1 aromatic heterocycles. The summed E-state index contributed by atoms with van der Waals surface area (Å²) < 4.78 is 0. The fraction of sp³-hybridized carbons (Fsp3) is 0.333. The molecule has 3 heteroatoms. The average molecular weight is 239 g/mol. The summed E-state index contributed by atoms with van der Waals surface area (Å²) in [6.07, 6.45) is 3.76. The molecule has 1 heterocycles. The molecule has 92 valence electrons. The van der Waals surface area contributed by atoms with E-state index in [1.807, 2.05) is 6.07 Å². The van der Waals surface area contributed by atoms with Gasteiger partial charge in [-0.1, -0.05) is 31.2 Å². The molecule has 0 amide bonds. The number of aryl methyl sites for hydroxylation is 1. The normalized spacial score (nSPS) is 16.8. The maximum absolute atomic E-state index is 4.25. The topological polar surface area (TPSA) is 37.8 Å². The van der Waals surface area contributed by atoms with Crippen molar-refractivity contribution in [2.75, 3.05) is 11.9 Å². The second kappa shape index (κ2) is 4.77. The van der Waals surface area contributed by atoms with Crippen LogP contribution in [0.3, 0.4) is 0 Å². The van der Waals surface area contributed by atoms with Gasteiger partial charge in [0.1, 0.15) is 12.1 Å². The third-order valence-electron chi connectivity index (χ3n) is 3.58. The average Bonchev–Trinajstić information content (AvgIpc) is 2.40. The Bertz CT molecular complexity index is 551. The first kappa shape index (κ1) is 11.2. The summed E-state index contributed by atoms with van der Waals surface area (Å²) in [6.45, 7) is 3.06. The Morgan fingerprint density at radius 2 is 2.17 bits per heavy atom. The Morgan fingerprint density at radius 3 is 3.00 bits per heavy atom. The van der Waals surface area contributed by atoms with Crippen LogP contribution < -0.4 is 5.32 Å². The van der Waals surface area contributed by atoms with E-state index >= 15 is 0 Å². The first-order valence-electron chi connectivity index (χ1n) is 6.49. The van der Waals surface area contributed by atoms with Crippen LogP contribution in [0.15, 0.2) is 36.7 Å². The zero-order valence-corrected chi connectivity index (χ0v) is 10.6. The second-order valence-electron chi connectivity index (χ2n) is 4.73. The lowest BCUT2D eigenvalue weighted by molar-refractivity contribution is 0.634. The van der Waals surface area contributed by atoms with Gasteiger partial charge < -0.3 is 5.32 Å². The van der Waals surface area contributed by atoms with Gasteiger partial charge in [0.15, 0.2) is 0 Å². The molecule has 1 atom stereocenters. The predicted molar refractivity (Wildman–Crippen MR) is 72.8 cm³/mol. The molecule has 3 nitrogen and oxygen atoms in total. The van der Waals surface area contributed by atoms with Gasteiger partial charge in [-0.25, -0.2) is 9.97 Å². The number of hydrogen-bond donors (Lipinski definition) is 1. The van der Waals surface area contributed by atoms with Crippen LogP contribution in [-0.4, -0.2) is 16.5 Å². The molecule has 18 heavy (non-hydrogen) atoms. The van der Waals surface area contributed by atoms with Gasteiger partial charge >= 0.3 is 0 Å². The van der Waals surface area contributed by atoms with E-state index in [-0.39, 0.29) is 0 Å². The molecule has 1 aliphatic rings. The predicted octanol–water partition coefficient (Wildman–Crippen LogP) is 2.79. The van der Waals surface area contributed by atoms with Crippen molar-refractivity contribution in [2.24, 2.45) is 0 Å². The van der Waals surface area contributed by atoms with Crippen molar-refractivity contribution in [1.29, 1.82) is 0 Å². The highest BCUT2D eigenvalue weighted by Crippen LogP contribution is 2.34. The SMILES string of the molecule is CCc1cc(NCC2Cc3ccccc32)ncn1. The van der Waals surface area contributed by atoms with Crippen LogP contribution in [-0.2, 0) is 12.8 Å². The molecule has 0 saturated heterocycles. The van der Waals surface area contributed by atoms with E-state index in [1.54, 1.807) is 6.33 Å². The fourth-order valence-corrected chi connectivity index (χ4v) is 2.46. The smallest absolute Gasteiger partial charge is 0.129 e. The summed E-state index contributed by atoms with van der Waals surface area (Å²) in [5, 5.41) is 3.41. The Morgan fingerprint density at radius 1 is 1.28 bits per heavy atom. The number of aromatic nitrogens is 2. The number of nitrogens with one attached hydrogen (secondary N) is 1. The second-order valence-corrected chi connectivity index (χ2v) is 4.73. The largest absolute Gasteiger partial charge is 0.369 e. The highest BCUT2D eigenvalue weighted by atomic mass is 15.0. The fourth-order valence-electron chi connectivity index (χ4n) is 2.46. The summed E-state index contributed by atoms with van der Waals surface area (Å²) in [5.74, 6) is 1.56. The van der Waals surface area contributed by atoms with E-state index in [4.69, 9.17) is 0 Å². The van der Waals surface area contributed by atoms with Crippen LogP contribution in [0.4, 0.5) is 5.82 Å². The van der Waals surface area contributed by atoms with E-state index in [9.17, 15) is 0 Å². The summed E-state index contributed by atoms with van der Waals surface area (Å²) in [4.78, 5) is 8.46. The third-order valence-corrected chi connectivity index (χ3v) is 3.58. The molecule has 1 aliphatic carbocycles. The zero-order chi connectivity index (χ0) is 12.4. The molecular formula is C15H17N3. The Kier molecular flexibility index (Phi) is 2.97. The number of fused-ring (bicyclic) bond motifs is 1. The van der Waals surface area contributed by atoms with Crippen molar-refractivity contribution in [1.82, 2.24) is 9.97 Å². The number of benzene rings is 1. The lowest BCUT2D eigenvalue weighted by Crippen LogP contribution is -2.24. The Labute approximate surface area is 107 Å². The maximum atomic E-state index is 4.25. The number of rotatable bonds is 4. The third kappa shape index (κ3) is 2.08. The molecule has 0 aliphatic heterocycles. The standard InChI is InChI=1S/C15H17N3/c1-2-13-8-15(18-10-17-13)16-9-12-7-11-5-3-4-6-14(11)12/h3-6,8,10,12H,2,7,9H2,1H3,(H,16,17,18). The van der Waals surface area contributed by atoms with E-state index < -0.39 is 0 Å². The first-order chi connectivity index (χ1) is 8.86. The van der Waals surface area contributed by atoms with E-state index in [1.165, 1.54) is 17.5 Å². The molecule has 0 bridgehead atoms. The number of hydrogen-bond acceptors (Lipinski definition) is 3. The summed E-state index contributed by atoms with van der Waals surface area (Å²) in [5.41, 5.74) is 4.05. The summed E-state index contributed by atoms with van der Waals surface area (Å²) in [7, 11) is 0. The summed E-state index contributed by atoms with van der Waals surface area (Å²) >= 11 is 0. The molecule has 1 N–H and O–H groups in total. The van der Waals surface area contributed by atoms with Crippen LogP contribution in [0.1, 0.15) is 29.7 Å². The van der Waals surface area contributed by atoms with Gasteiger partial charge in [-0.05, 0) is 24.0 Å². The van der Waals surface area contributed by atoms with Crippen molar-refractivity contribution in [3.8, 4) is 0 Å². The zero-order valence-electron chi connectivity index (χ0n) is 10.6. The van der Waals surface area contributed by atoms with Crippen LogP contribution in [0.5, 0.6) is 0 Å². The summed E-state index contributed by atoms with van der Waals surface area (Å²) in [6, 6.07) is 10.7. The van der Waals surface area contributed by atoms with Crippen molar-refractivity contribution in [3.63, 3.8) is 0 Å². The molecule has 0 fully saturated rings. The number of anilines is 1. The van der Waals surface area contributed by atoms with Crippen molar-refractivity contribution in [2.45, 2.75) is 25.7 Å².